The zero-order chi connectivity index (χ0) is 13.6. The maximum Gasteiger partial charge on any atom is 1.00 e. The van der Waals surface area contributed by atoms with Crippen molar-refractivity contribution in [3.05, 3.63) is 36.4 Å². The van der Waals surface area contributed by atoms with E-state index in [9.17, 15) is 12.9 Å². The summed E-state index contributed by atoms with van der Waals surface area (Å²) < 4.78 is 46.5. The van der Waals surface area contributed by atoms with Crippen molar-refractivity contribution in [3.63, 3.8) is 0 Å². The molecule has 2 nitrogen and oxygen atoms in total. The van der Waals surface area contributed by atoms with Crippen LogP contribution in [-0.4, -0.2) is 20.1 Å². The van der Waals surface area contributed by atoms with Gasteiger partial charge in [-0.05, 0) is 31.5 Å². The molecule has 0 aliphatic carbocycles. The molecule has 1 rings (SSSR count). The first-order valence-electron chi connectivity index (χ1n) is 5.66. The minimum absolute atomic E-state index is 0. The van der Waals surface area contributed by atoms with Crippen LogP contribution < -0.4 is 60.9 Å². The molecular formula is C12H15BF3KO2. The van der Waals surface area contributed by atoms with Crippen LogP contribution in [0.15, 0.2) is 30.9 Å². The number of hydrogen-bond acceptors (Lipinski definition) is 2. The minimum Gasteiger partial charge on any atom is -0.521 e. The van der Waals surface area contributed by atoms with Crippen LogP contribution in [0.2, 0.25) is 0 Å². The number of rotatable bonds is 7. The van der Waals surface area contributed by atoms with Crippen molar-refractivity contribution in [1.82, 2.24) is 0 Å². The van der Waals surface area contributed by atoms with E-state index in [1.165, 1.54) is 6.07 Å². The van der Waals surface area contributed by atoms with Crippen molar-refractivity contribution >= 4 is 6.98 Å². The summed E-state index contributed by atoms with van der Waals surface area (Å²) in [7, 11) is 0. The Hall–Kier alpha value is 0.0513. The van der Waals surface area contributed by atoms with Crippen LogP contribution in [0.3, 0.4) is 0 Å². The number of hydrogen-bond donors (Lipinski definition) is 0. The third-order valence-electron chi connectivity index (χ3n) is 2.14. The molecule has 0 aromatic heterocycles. The van der Waals surface area contributed by atoms with E-state index in [4.69, 9.17) is 9.47 Å². The van der Waals surface area contributed by atoms with Crippen molar-refractivity contribution in [2.75, 3.05) is 13.1 Å². The van der Waals surface area contributed by atoms with Gasteiger partial charge in [-0.25, -0.2) is 0 Å². The normalized spacial score (nSPS) is 10.5. The Bertz CT molecular complexity index is 410. The van der Waals surface area contributed by atoms with Crippen molar-refractivity contribution in [3.8, 4) is 11.5 Å². The van der Waals surface area contributed by atoms with Crippen LogP contribution in [0.4, 0.5) is 12.9 Å². The molecule has 0 saturated carbocycles. The first kappa shape index (κ1) is 19.1. The molecule has 0 amide bonds. The van der Waals surface area contributed by atoms with Gasteiger partial charge in [0.15, 0.2) is 0 Å². The van der Waals surface area contributed by atoms with E-state index in [1.807, 2.05) is 6.92 Å². The van der Waals surface area contributed by atoms with Crippen LogP contribution in [0.1, 0.15) is 12.5 Å². The summed E-state index contributed by atoms with van der Waals surface area (Å²) in [5.41, 5.74) is 0.635. The maximum absolute atomic E-state index is 12.2. The van der Waals surface area contributed by atoms with Gasteiger partial charge >= 0.3 is 58.4 Å². The fourth-order valence-electron chi connectivity index (χ4n) is 1.45. The predicted octanol–water partition coefficient (Wildman–Crippen LogP) is 0.583. The summed E-state index contributed by atoms with van der Waals surface area (Å²) in [6.45, 7) is -0.286. The molecule has 100 valence electrons. The molecule has 0 spiro atoms. The molecule has 0 bridgehead atoms. The summed E-state index contributed by atoms with van der Waals surface area (Å²) >= 11 is 0. The Morgan fingerprint density at radius 1 is 1.26 bits per heavy atom. The fraction of sp³-hybridized carbons (Fsp3) is 0.333. The van der Waals surface area contributed by atoms with E-state index in [-0.39, 0.29) is 57.1 Å². The second-order valence-electron chi connectivity index (χ2n) is 3.72. The zero-order valence-electron chi connectivity index (χ0n) is 11.2. The average Bonchev–Trinajstić information content (AvgIpc) is 2.28. The molecule has 0 aliphatic heterocycles. The monoisotopic (exact) mass is 298 g/mol. The van der Waals surface area contributed by atoms with Gasteiger partial charge in [0.1, 0.15) is 11.5 Å². The van der Waals surface area contributed by atoms with E-state index in [0.29, 0.717) is 24.3 Å². The number of allylic oxidation sites excluding steroid dienone is 1. The Labute approximate surface area is 153 Å². The Morgan fingerprint density at radius 2 is 1.95 bits per heavy atom. The fourth-order valence-corrected chi connectivity index (χ4v) is 1.45. The third kappa shape index (κ3) is 7.41. The van der Waals surface area contributed by atoms with Crippen LogP contribution >= 0.6 is 0 Å². The SMILES string of the molecule is C=CCc1cc(OCC)ccc1OC[B-](F)(F)F.[K+]. The second kappa shape index (κ2) is 9.07. The van der Waals surface area contributed by atoms with Crippen LogP contribution in [0.25, 0.3) is 0 Å². The summed E-state index contributed by atoms with van der Waals surface area (Å²) in [5, 5.41) is 0. The van der Waals surface area contributed by atoms with Crippen molar-refractivity contribution in [2.24, 2.45) is 0 Å². The van der Waals surface area contributed by atoms with E-state index in [2.05, 4.69) is 6.58 Å². The van der Waals surface area contributed by atoms with Gasteiger partial charge in [-0.2, -0.15) is 0 Å². The van der Waals surface area contributed by atoms with E-state index in [0.717, 1.165) is 0 Å². The molecule has 0 heterocycles. The smallest absolute Gasteiger partial charge is 0.521 e. The molecule has 0 aliphatic rings. The third-order valence-corrected chi connectivity index (χ3v) is 2.14. The van der Waals surface area contributed by atoms with Gasteiger partial charge in [0.2, 0.25) is 0 Å². The first-order chi connectivity index (χ1) is 8.46. The van der Waals surface area contributed by atoms with Gasteiger partial charge in [-0.15, -0.1) is 6.58 Å². The molecule has 1 aromatic carbocycles. The molecule has 7 heteroatoms. The summed E-state index contributed by atoms with van der Waals surface area (Å²) in [6.07, 6.45) is 2.04. The zero-order valence-corrected chi connectivity index (χ0v) is 14.3. The van der Waals surface area contributed by atoms with Crippen LogP contribution in [0.5, 0.6) is 11.5 Å². The van der Waals surface area contributed by atoms with Gasteiger partial charge in [0.05, 0.1) is 13.1 Å². The Kier molecular flexibility index (Phi) is 9.10. The maximum atomic E-state index is 12.2. The minimum atomic E-state index is -4.95. The van der Waals surface area contributed by atoms with Gasteiger partial charge in [0.25, 0.3) is 0 Å². The molecular weight excluding hydrogens is 283 g/mol. The van der Waals surface area contributed by atoms with Crippen molar-refractivity contribution in [2.45, 2.75) is 13.3 Å². The predicted molar refractivity (Wildman–Crippen MR) is 66.1 cm³/mol. The van der Waals surface area contributed by atoms with Gasteiger partial charge in [-0.3, -0.25) is 0 Å². The van der Waals surface area contributed by atoms with E-state index in [1.54, 1.807) is 18.2 Å². The van der Waals surface area contributed by atoms with Gasteiger partial charge in [-0.1, -0.05) is 6.08 Å². The summed E-state index contributed by atoms with van der Waals surface area (Å²) in [5.74, 6) is 0.830. The van der Waals surface area contributed by atoms with Crippen LogP contribution in [0, 0.1) is 0 Å². The van der Waals surface area contributed by atoms with Crippen LogP contribution in [-0.2, 0) is 6.42 Å². The average molecular weight is 298 g/mol. The molecule has 1 aromatic rings. The molecule has 0 saturated heterocycles. The van der Waals surface area contributed by atoms with Gasteiger partial charge in [0, 0.05) is 5.56 Å². The van der Waals surface area contributed by atoms with Crippen molar-refractivity contribution in [1.29, 1.82) is 0 Å². The van der Waals surface area contributed by atoms with E-state index < -0.39 is 13.5 Å². The quantitative estimate of drug-likeness (QED) is 0.542. The number of halogens is 3. The van der Waals surface area contributed by atoms with E-state index >= 15 is 0 Å². The Balaban J connectivity index is 0.00000324. The summed E-state index contributed by atoms with van der Waals surface area (Å²) in [6, 6.07) is 4.75. The molecule has 0 unspecified atom stereocenters. The van der Waals surface area contributed by atoms with Crippen molar-refractivity contribution < 1.29 is 73.8 Å². The molecule has 0 atom stereocenters. The molecule has 19 heavy (non-hydrogen) atoms. The summed E-state index contributed by atoms with van der Waals surface area (Å²) in [4.78, 5) is 0. The molecule has 0 N–H and O–H groups in total. The second-order valence-corrected chi connectivity index (χ2v) is 3.72. The van der Waals surface area contributed by atoms with Gasteiger partial charge < -0.3 is 22.4 Å². The number of benzene rings is 1. The topological polar surface area (TPSA) is 18.5 Å². The number of ether oxygens (including phenoxy) is 2. The standard InChI is InChI=1S/C12H15BF3O2.K/c1-3-5-10-8-11(17-4-2)6-7-12(10)18-9-13(14,15)16;/h3,6-8H,1,4-5,9H2,2H3;/q-1;+1. The molecule has 0 radical (unpaired) electrons. The molecule has 0 fully saturated rings. The Morgan fingerprint density at radius 3 is 2.47 bits per heavy atom. The first-order valence-corrected chi connectivity index (χ1v) is 5.66. The largest absolute Gasteiger partial charge is 1.00 e.